The van der Waals surface area contributed by atoms with E-state index in [9.17, 15) is 4.79 Å². The van der Waals surface area contributed by atoms with Crippen molar-refractivity contribution in [2.75, 3.05) is 17.7 Å². The fourth-order valence-electron chi connectivity index (χ4n) is 2.56. The second-order valence-corrected chi connectivity index (χ2v) is 6.81. The zero-order chi connectivity index (χ0) is 18.6. The van der Waals surface area contributed by atoms with Gasteiger partial charge in [-0.05, 0) is 22.6 Å². The number of nitrogens with zero attached hydrogens (tertiary/aromatic N) is 6. The fraction of sp³-hybridized carbons (Fsp3) is 0.312. The molecule has 0 radical (unpaired) electrons. The molecule has 3 aromatic rings. The second kappa shape index (κ2) is 7.66. The summed E-state index contributed by atoms with van der Waals surface area (Å²) in [6, 6.07) is 7.56. The molecule has 0 aliphatic carbocycles. The van der Waals surface area contributed by atoms with E-state index >= 15 is 0 Å². The van der Waals surface area contributed by atoms with Gasteiger partial charge in [-0.2, -0.15) is 5.10 Å². The predicted octanol–water partition coefficient (Wildman–Crippen LogP) is 0.977. The molecule has 1 unspecified atom stereocenters. The Morgan fingerprint density at radius 2 is 2.22 bits per heavy atom. The number of para-hydroxylation sites is 2. The van der Waals surface area contributed by atoms with Gasteiger partial charge in [0.15, 0.2) is 17.6 Å². The molecule has 0 bridgehead atoms. The number of nitrogens with one attached hydrogen (secondary N) is 1. The first-order valence-corrected chi connectivity index (χ1v) is 9.22. The summed E-state index contributed by atoms with van der Waals surface area (Å²) < 4.78 is 14.9. The molecule has 0 spiro atoms. The Kier molecular flexibility index (Phi) is 4.92. The van der Waals surface area contributed by atoms with Crippen LogP contribution in [0.2, 0.25) is 0 Å². The monoisotopic (exact) mass is 387 g/mol. The van der Waals surface area contributed by atoms with Crippen molar-refractivity contribution in [1.82, 2.24) is 30.0 Å². The lowest BCUT2D eigenvalue weighted by molar-refractivity contribution is -0.113. The van der Waals surface area contributed by atoms with E-state index in [2.05, 4.69) is 25.9 Å². The van der Waals surface area contributed by atoms with Crippen LogP contribution in [0.15, 0.2) is 41.8 Å². The average molecular weight is 387 g/mol. The minimum Gasteiger partial charge on any atom is -0.486 e. The van der Waals surface area contributed by atoms with Crippen LogP contribution in [0.4, 0.5) is 5.69 Å². The summed E-state index contributed by atoms with van der Waals surface area (Å²) in [6.45, 7) is 0.963. The van der Waals surface area contributed by atoms with E-state index in [-0.39, 0.29) is 17.8 Å². The van der Waals surface area contributed by atoms with Crippen molar-refractivity contribution in [3.05, 3.63) is 36.7 Å². The maximum atomic E-state index is 12.1. The van der Waals surface area contributed by atoms with Gasteiger partial charge in [-0.3, -0.25) is 9.48 Å². The van der Waals surface area contributed by atoms with Gasteiger partial charge in [0, 0.05) is 13.2 Å². The molecule has 140 valence electrons. The zero-order valence-corrected chi connectivity index (χ0v) is 15.3. The second-order valence-electron chi connectivity index (χ2n) is 5.87. The molecule has 1 aromatic carbocycles. The van der Waals surface area contributed by atoms with Crippen molar-refractivity contribution in [3.8, 4) is 11.5 Å². The molecule has 2 aromatic heterocycles. The van der Waals surface area contributed by atoms with Gasteiger partial charge in [0.25, 0.3) is 0 Å². The molecular formula is C16H17N7O3S. The summed E-state index contributed by atoms with van der Waals surface area (Å²) in [5, 5.41) is 18.7. The topological polar surface area (TPSA) is 109 Å². The van der Waals surface area contributed by atoms with Gasteiger partial charge in [-0.15, -0.1) is 5.10 Å². The van der Waals surface area contributed by atoms with Crippen molar-refractivity contribution >= 4 is 23.4 Å². The molecule has 10 nitrogen and oxygen atoms in total. The maximum Gasteiger partial charge on any atom is 0.234 e. The first kappa shape index (κ1) is 17.3. The number of hydrogen-bond acceptors (Lipinski definition) is 8. The lowest BCUT2D eigenvalue weighted by atomic mass is 10.2. The molecular weight excluding hydrogens is 370 g/mol. The van der Waals surface area contributed by atoms with Gasteiger partial charge in [0.2, 0.25) is 11.1 Å². The number of rotatable bonds is 6. The third kappa shape index (κ3) is 4.19. The van der Waals surface area contributed by atoms with Crippen LogP contribution in [0.1, 0.15) is 0 Å². The number of tetrazole rings is 1. The first-order valence-electron chi connectivity index (χ1n) is 8.23. The smallest absolute Gasteiger partial charge is 0.234 e. The van der Waals surface area contributed by atoms with E-state index in [0.717, 1.165) is 11.5 Å². The molecule has 0 saturated heterocycles. The molecule has 1 aliphatic rings. The Morgan fingerprint density at radius 1 is 1.37 bits per heavy atom. The Labute approximate surface area is 158 Å². The van der Waals surface area contributed by atoms with E-state index in [4.69, 9.17) is 9.47 Å². The van der Waals surface area contributed by atoms with E-state index < -0.39 is 0 Å². The molecule has 4 rings (SSSR count). The van der Waals surface area contributed by atoms with Gasteiger partial charge in [0.1, 0.15) is 6.61 Å². The largest absolute Gasteiger partial charge is 0.486 e. The van der Waals surface area contributed by atoms with Crippen molar-refractivity contribution in [2.45, 2.75) is 17.8 Å². The number of hydrogen-bond donors (Lipinski definition) is 1. The highest BCUT2D eigenvalue weighted by Gasteiger charge is 2.21. The number of aromatic nitrogens is 6. The van der Waals surface area contributed by atoms with Crippen LogP contribution < -0.4 is 14.8 Å². The number of benzene rings is 1. The van der Waals surface area contributed by atoms with Crippen molar-refractivity contribution in [1.29, 1.82) is 0 Å². The van der Waals surface area contributed by atoms with Gasteiger partial charge in [0.05, 0.1) is 24.2 Å². The summed E-state index contributed by atoms with van der Waals surface area (Å²) in [6.07, 6.45) is 3.21. The third-order valence-corrected chi connectivity index (χ3v) is 4.80. The van der Waals surface area contributed by atoms with Gasteiger partial charge < -0.3 is 14.8 Å². The van der Waals surface area contributed by atoms with Crippen LogP contribution in [0.5, 0.6) is 11.5 Å². The summed E-state index contributed by atoms with van der Waals surface area (Å²) in [7, 11) is 1.72. The Balaban J connectivity index is 1.29. The van der Waals surface area contributed by atoms with Crippen molar-refractivity contribution in [2.24, 2.45) is 7.05 Å². The van der Waals surface area contributed by atoms with Crippen LogP contribution in [-0.2, 0) is 18.4 Å². The van der Waals surface area contributed by atoms with Gasteiger partial charge in [-0.25, -0.2) is 4.68 Å². The number of anilines is 1. The quantitative estimate of drug-likeness (QED) is 0.624. The Morgan fingerprint density at radius 3 is 3.04 bits per heavy atom. The maximum absolute atomic E-state index is 12.1. The number of ether oxygens (including phenoxy) is 2. The zero-order valence-electron chi connectivity index (χ0n) is 14.5. The lowest BCUT2D eigenvalue weighted by Crippen LogP contribution is -2.33. The highest BCUT2D eigenvalue weighted by molar-refractivity contribution is 7.99. The minimum absolute atomic E-state index is 0.151. The number of fused-ring (bicyclic) bond motifs is 1. The lowest BCUT2D eigenvalue weighted by Gasteiger charge is -2.26. The van der Waals surface area contributed by atoms with E-state index in [1.807, 2.05) is 24.3 Å². The minimum atomic E-state index is -0.159. The molecule has 1 N–H and O–H groups in total. The van der Waals surface area contributed by atoms with Crippen LogP contribution in [0.25, 0.3) is 0 Å². The highest BCUT2D eigenvalue weighted by atomic mass is 32.2. The Bertz CT molecular complexity index is 942. The Hall–Kier alpha value is -3.08. The molecule has 3 heterocycles. The van der Waals surface area contributed by atoms with Crippen LogP contribution in [-0.4, -0.2) is 54.4 Å². The van der Waals surface area contributed by atoms with Gasteiger partial charge in [-0.1, -0.05) is 23.9 Å². The molecule has 11 heteroatoms. The van der Waals surface area contributed by atoms with Crippen molar-refractivity contribution in [3.63, 3.8) is 0 Å². The summed E-state index contributed by atoms with van der Waals surface area (Å²) >= 11 is 1.26. The predicted molar refractivity (Wildman–Crippen MR) is 96.7 cm³/mol. The molecule has 0 fully saturated rings. The summed E-state index contributed by atoms with van der Waals surface area (Å²) in [5.41, 5.74) is 0.619. The van der Waals surface area contributed by atoms with Gasteiger partial charge >= 0.3 is 0 Å². The van der Waals surface area contributed by atoms with E-state index in [1.54, 1.807) is 24.1 Å². The molecule has 27 heavy (non-hydrogen) atoms. The van der Waals surface area contributed by atoms with Crippen LogP contribution in [0.3, 0.4) is 0 Å². The number of carbonyl (C=O) groups is 1. The van der Waals surface area contributed by atoms with E-state index in [1.165, 1.54) is 16.4 Å². The number of aryl methyl sites for hydroxylation is 1. The fourth-order valence-corrected chi connectivity index (χ4v) is 3.21. The molecule has 0 saturated carbocycles. The summed E-state index contributed by atoms with van der Waals surface area (Å²) in [5.74, 6) is 1.52. The number of thioether (sulfide) groups is 1. The SMILES string of the molecule is Cn1nnnc1SCC(=O)Nc1cnn(CC2COc3ccccc3O2)c1. The highest BCUT2D eigenvalue weighted by Crippen LogP contribution is 2.31. The van der Waals surface area contributed by atoms with Crippen LogP contribution in [0, 0.1) is 0 Å². The van der Waals surface area contributed by atoms with Crippen molar-refractivity contribution < 1.29 is 14.3 Å². The summed E-state index contributed by atoms with van der Waals surface area (Å²) in [4.78, 5) is 12.1. The molecule has 1 amide bonds. The van der Waals surface area contributed by atoms with Crippen LogP contribution >= 0.6 is 11.8 Å². The third-order valence-electron chi connectivity index (χ3n) is 3.79. The average Bonchev–Trinajstić information content (AvgIpc) is 3.28. The molecule has 1 aliphatic heterocycles. The first-order chi connectivity index (χ1) is 13.2. The number of amides is 1. The number of carbonyl (C=O) groups excluding carboxylic acids is 1. The standard InChI is InChI=1S/C16H17N7O3S/c1-22-16(19-20-21-22)27-10-15(24)18-11-6-17-23(7-11)8-12-9-25-13-4-2-3-5-14(13)26-12/h2-7,12H,8-10H2,1H3,(H,18,24). The normalized spacial score (nSPS) is 15.5. The molecule has 1 atom stereocenters. The van der Waals surface area contributed by atoms with E-state index in [0.29, 0.717) is 24.0 Å².